The van der Waals surface area contributed by atoms with Crippen molar-refractivity contribution in [3.05, 3.63) is 41.6 Å². The molecule has 6 heteroatoms. The number of aliphatic hydroxyl groups excluding tert-OH is 1. The molecule has 2 aromatic rings. The van der Waals surface area contributed by atoms with Crippen LogP contribution in [-0.4, -0.2) is 33.0 Å². The number of hydrogen-bond acceptors (Lipinski definition) is 4. The normalized spacial score (nSPS) is 17.6. The molecule has 1 atom stereocenters. The minimum atomic E-state index is -0.327. The van der Waals surface area contributed by atoms with Crippen molar-refractivity contribution in [2.75, 3.05) is 18.5 Å². The third-order valence-electron chi connectivity index (χ3n) is 3.57. The molecule has 3 rings (SSSR count). The lowest BCUT2D eigenvalue weighted by molar-refractivity contribution is 0.288. The first kappa shape index (κ1) is 13.1. The fourth-order valence-corrected chi connectivity index (χ4v) is 2.59. The summed E-state index contributed by atoms with van der Waals surface area (Å²) in [5.41, 5.74) is 1.93. The van der Waals surface area contributed by atoms with Gasteiger partial charge in [0.2, 0.25) is 0 Å². The van der Waals surface area contributed by atoms with Gasteiger partial charge in [-0.15, -0.1) is 0 Å². The summed E-state index contributed by atoms with van der Waals surface area (Å²) in [6.07, 6.45) is 5.46. The lowest BCUT2D eigenvalue weighted by Gasteiger charge is -2.26. The molecule has 0 spiro atoms. The van der Waals surface area contributed by atoms with E-state index in [2.05, 4.69) is 15.4 Å². The molecule has 1 unspecified atom stereocenters. The predicted molar refractivity (Wildman–Crippen MR) is 73.1 cm³/mol. The predicted octanol–water partition coefficient (Wildman–Crippen LogP) is 1.75. The Morgan fingerprint density at radius 1 is 1.40 bits per heavy atom. The first-order valence-electron chi connectivity index (χ1n) is 6.82. The molecule has 0 aliphatic carbocycles. The maximum Gasteiger partial charge on any atom is 0.141 e. The van der Waals surface area contributed by atoms with E-state index < -0.39 is 0 Å². The van der Waals surface area contributed by atoms with Gasteiger partial charge >= 0.3 is 0 Å². The standard InChI is InChI=1S/C14H17FN4O/c15-11-3-4-12(17-9-11)13-5-6-16-14-10(2-1-7-20)8-18-19(13)14/h3-4,8-9,13,16,20H,1-2,5-7H2. The van der Waals surface area contributed by atoms with Crippen LogP contribution in [0.25, 0.3) is 0 Å². The van der Waals surface area contributed by atoms with Crippen LogP contribution in [0, 0.1) is 5.82 Å². The maximum absolute atomic E-state index is 13.0. The maximum atomic E-state index is 13.0. The Kier molecular flexibility index (Phi) is 3.64. The molecule has 5 nitrogen and oxygen atoms in total. The molecule has 106 valence electrons. The van der Waals surface area contributed by atoms with Gasteiger partial charge in [-0.1, -0.05) is 0 Å². The van der Waals surface area contributed by atoms with Crippen molar-refractivity contribution in [3.63, 3.8) is 0 Å². The second kappa shape index (κ2) is 5.58. The Morgan fingerprint density at radius 3 is 3.05 bits per heavy atom. The number of hydrogen-bond donors (Lipinski definition) is 2. The minimum absolute atomic E-state index is 0.0368. The Bertz CT molecular complexity index is 581. The highest BCUT2D eigenvalue weighted by atomic mass is 19.1. The summed E-state index contributed by atoms with van der Waals surface area (Å²) in [5, 5.41) is 16.7. The van der Waals surface area contributed by atoms with Crippen LogP contribution in [0.5, 0.6) is 0 Å². The van der Waals surface area contributed by atoms with Crippen molar-refractivity contribution < 1.29 is 9.50 Å². The Hall–Kier alpha value is -1.95. The van der Waals surface area contributed by atoms with E-state index in [0.29, 0.717) is 0 Å². The summed E-state index contributed by atoms with van der Waals surface area (Å²) >= 11 is 0. The monoisotopic (exact) mass is 276 g/mol. The van der Waals surface area contributed by atoms with Crippen LogP contribution >= 0.6 is 0 Å². The van der Waals surface area contributed by atoms with Gasteiger partial charge < -0.3 is 10.4 Å². The molecule has 2 N–H and O–H groups in total. The van der Waals surface area contributed by atoms with Gasteiger partial charge in [-0.25, -0.2) is 9.07 Å². The zero-order chi connectivity index (χ0) is 13.9. The Morgan fingerprint density at radius 2 is 2.30 bits per heavy atom. The van der Waals surface area contributed by atoms with E-state index in [-0.39, 0.29) is 18.5 Å². The fraction of sp³-hybridized carbons (Fsp3) is 0.429. The summed E-state index contributed by atoms with van der Waals surface area (Å²) in [4.78, 5) is 4.17. The van der Waals surface area contributed by atoms with Crippen molar-refractivity contribution in [1.29, 1.82) is 0 Å². The van der Waals surface area contributed by atoms with Crippen LogP contribution < -0.4 is 5.32 Å². The summed E-state index contributed by atoms with van der Waals surface area (Å²) in [7, 11) is 0. The number of nitrogens with zero attached hydrogens (tertiary/aromatic N) is 3. The first-order valence-corrected chi connectivity index (χ1v) is 6.82. The van der Waals surface area contributed by atoms with E-state index in [1.54, 1.807) is 6.07 Å². The van der Waals surface area contributed by atoms with Gasteiger partial charge in [-0.3, -0.25) is 4.98 Å². The highest BCUT2D eigenvalue weighted by molar-refractivity contribution is 5.46. The lowest BCUT2D eigenvalue weighted by atomic mass is 10.1. The quantitative estimate of drug-likeness (QED) is 0.893. The molecule has 0 saturated heterocycles. The SMILES string of the molecule is OCCCc1cnn2c1NCCC2c1ccc(F)cn1. The summed E-state index contributed by atoms with van der Waals surface area (Å²) in [6.45, 7) is 1.01. The van der Waals surface area contributed by atoms with E-state index in [0.717, 1.165) is 42.9 Å². The molecule has 1 aliphatic rings. The number of aliphatic hydroxyl groups is 1. The molecule has 2 aromatic heterocycles. The number of halogens is 1. The summed E-state index contributed by atoms with van der Waals surface area (Å²) in [5.74, 6) is 0.660. The van der Waals surface area contributed by atoms with Crippen LogP contribution in [0.4, 0.5) is 10.2 Å². The van der Waals surface area contributed by atoms with Crippen LogP contribution in [0.2, 0.25) is 0 Å². The third-order valence-corrected chi connectivity index (χ3v) is 3.57. The van der Waals surface area contributed by atoms with Crippen molar-refractivity contribution in [3.8, 4) is 0 Å². The molecule has 1 aliphatic heterocycles. The second-order valence-corrected chi connectivity index (χ2v) is 4.92. The highest BCUT2D eigenvalue weighted by Crippen LogP contribution is 2.30. The van der Waals surface area contributed by atoms with Crippen LogP contribution in [0.15, 0.2) is 24.5 Å². The van der Waals surface area contributed by atoms with Crippen molar-refractivity contribution in [2.24, 2.45) is 0 Å². The topological polar surface area (TPSA) is 63.0 Å². The minimum Gasteiger partial charge on any atom is -0.396 e. The molecule has 0 saturated carbocycles. The fourth-order valence-electron chi connectivity index (χ4n) is 2.59. The van der Waals surface area contributed by atoms with Crippen LogP contribution in [-0.2, 0) is 6.42 Å². The number of nitrogens with one attached hydrogen (secondary N) is 1. The van der Waals surface area contributed by atoms with Crippen LogP contribution in [0.1, 0.15) is 30.1 Å². The van der Waals surface area contributed by atoms with E-state index in [9.17, 15) is 4.39 Å². The second-order valence-electron chi connectivity index (χ2n) is 4.92. The van der Waals surface area contributed by atoms with Crippen molar-refractivity contribution in [1.82, 2.24) is 14.8 Å². The Labute approximate surface area is 116 Å². The third kappa shape index (κ3) is 2.38. The van der Waals surface area contributed by atoms with Gasteiger partial charge in [0.1, 0.15) is 11.6 Å². The summed E-state index contributed by atoms with van der Waals surface area (Å²) < 4.78 is 14.9. The van der Waals surface area contributed by atoms with E-state index in [1.807, 2.05) is 10.9 Å². The lowest BCUT2D eigenvalue weighted by Crippen LogP contribution is -2.25. The van der Waals surface area contributed by atoms with E-state index in [1.165, 1.54) is 12.3 Å². The molecular weight excluding hydrogens is 259 g/mol. The average molecular weight is 276 g/mol. The number of pyridine rings is 1. The molecular formula is C14H17FN4O. The van der Waals surface area contributed by atoms with Crippen molar-refractivity contribution >= 4 is 5.82 Å². The zero-order valence-electron chi connectivity index (χ0n) is 11.1. The molecule has 3 heterocycles. The molecule has 0 amide bonds. The zero-order valence-corrected chi connectivity index (χ0v) is 11.1. The number of aryl methyl sites for hydroxylation is 1. The van der Waals surface area contributed by atoms with Gasteiger partial charge in [0.15, 0.2) is 0 Å². The molecule has 0 bridgehead atoms. The Balaban J connectivity index is 1.90. The molecule has 0 aromatic carbocycles. The average Bonchev–Trinajstić information content (AvgIpc) is 2.89. The van der Waals surface area contributed by atoms with Gasteiger partial charge in [0, 0.05) is 18.7 Å². The largest absolute Gasteiger partial charge is 0.396 e. The molecule has 0 fully saturated rings. The van der Waals surface area contributed by atoms with E-state index >= 15 is 0 Å². The molecule has 0 radical (unpaired) electrons. The van der Waals surface area contributed by atoms with Gasteiger partial charge in [-0.05, 0) is 31.4 Å². The van der Waals surface area contributed by atoms with Gasteiger partial charge in [0.25, 0.3) is 0 Å². The van der Waals surface area contributed by atoms with Crippen molar-refractivity contribution in [2.45, 2.75) is 25.3 Å². The number of fused-ring (bicyclic) bond motifs is 1. The number of anilines is 1. The van der Waals surface area contributed by atoms with Crippen LogP contribution in [0.3, 0.4) is 0 Å². The number of aromatic nitrogens is 3. The highest BCUT2D eigenvalue weighted by Gasteiger charge is 2.25. The molecule has 20 heavy (non-hydrogen) atoms. The van der Waals surface area contributed by atoms with Gasteiger partial charge in [0.05, 0.1) is 24.1 Å². The smallest absolute Gasteiger partial charge is 0.141 e. The van der Waals surface area contributed by atoms with E-state index in [4.69, 9.17) is 5.11 Å². The number of rotatable bonds is 4. The van der Waals surface area contributed by atoms with Gasteiger partial charge in [-0.2, -0.15) is 5.10 Å². The first-order chi connectivity index (χ1) is 9.79. The summed E-state index contributed by atoms with van der Waals surface area (Å²) in [6, 6.07) is 3.18.